The number of rotatable bonds is 6. The number of hydrogen-bond donors (Lipinski definition) is 3. The molecule has 0 spiro atoms. The van der Waals surface area contributed by atoms with Crippen molar-refractivity contribution in [1.82, 2.24) is 35.5 Å². The lowest BCUT2D eigenvalue weighted by molar-refractivity contribution is -0.137. The molecule has 0 atom stereocenters. The van der Waals surface area contributed by atoms with Gasteiger partial charge in [0.2, 0.25) is 5.82 Å². The van der Waals surface area contributed by atoms with Gasteiger partial charge in [0.15, 0.2) is 0 Å². The number of aromatic amines is 1. The molecular formula is C10H13N7O3. The van der Waals surface area contributed by atoms with E-state index in [1.807, 2.05) is 6.92 Å². The van der Waals surface area contributed by atoms with Crippen LogP contribution in [0, 0.1) is 0 Å². The molecule has 0 fully saturated rings. The van der Waals surface area contributed by atoms with Crippen molar-refractivity contribution < 1.29 is 14.7 Å². The van der Waals surface area contributed by atoms with Crippen molar-refractivity contribution in [3.8, 4) is 0 Å². The summed E-state index contributed by atoms with van der Waals surface area (Å²) in [5.74, 6) is -0.769. The molecule has 3 N–H and O–H groups in total. The zero-order chi connectivity index (χ0) is 14.5. The van der Waals surface area contributed by atoms with E-state index in [1.54, 1.807) is 0 Å². The van der Waals surface area contributed by atoms with Crippen LogP contribution in [0.4, 0.5) is 0 Å². The summed E-state index contributed by atoms with van der Waals surface area (Å²) in [5, 5.41) is 24.9. The van der Waals surface area contributed by atoms with Crippen LogP contribution in [0.5, 0.6) is 0 Å². The van der Waals surface area contributed by atoms with Gasteiger partial charge in [0.25, 0.3) is 5.91 Å². The average Bonchev–Trinajstić information content (AvgIpc) is 3.04. The molecule has 0 bridgehead atoms. The smallest absolute Gasteiger partial charge is 0.325 e. The molecule has 0 aliphatic heterocycles. The van der Waals surface area contributed by atoms with Crippen molar-refractivity contribution in [1.29, 1.82) is 0 Å². The third kappa shape index (κ3) is 3.37. The topological polar surface area (TPSA) is 139 Å². The highest BCUT2D eigenvalue weighted by Crippen LogP contribution is 1.96. The fourth-order valence-electron chi connectivity index (χ4n) is 1.44. The molecule has 0 unspecified atom stereocenters. The number of nitrogens with one attached hydrogen (secondary N) is 2. The zero-order valence-corrected chi connectivity index (χ0v) is 10.7. The first-order valence-electron chi connectivity index (χ1n) is 5.88. The Balaban J connectivity index is 1.89. The Morgan fingerprint density at radius 2 is 2.30 bits per heavy atom. The third-order valence-electron chi connectivity index (χ3n) is 2.38. The molecule has 10 nitrogen and oxygen atoms in total. The maximum atomic E-state index is 11.7. The van der Waals surface area contributed by atoms with Gasteiger partial charge in [0.05, 0.1) is 12.7 Å². The van der Waals surface area contributed by atoms with Crippen LogP contribution in [0.2, 0.25) is 0 Å². The molecule has 20 heavy (non-hydrogen) atoms. The largest absolute Gasteiger partial charge is 0.480 e. The quantitative estimate of drug-likeness (QED) is 0.614. The van der Waals surface area contributed by atoms with Crippen LogP contribution in [0.25, 0.3) is 0 Å². The van der Waals surface area contributed by atoms with Crippen molar-refractivity contribution in [3.63, 3.8) is 0 Å². The first-order chi connectivity index (χ1) is 9.58. The summed E-state index contributed by atoms with van der Waals surface area (Å²) in [7, 11) is 0. The van der Waals surface area contributed by atoms with Gasteiger partial charge < -0.3 is 10.4 Å². The summed E-state index contributed by atoms with van der Waals surface area (Å²) in [4.78, 5) is 26.2. The number of aliphatic carboxylic acids is 1. The molecule has 0 aromatic carbocycles. The van der Waals surface area contributed by atoms with Crippen LogP contribution in [-0.4, -0.2) is 47.2 Å². The maximum Gasteiger partial charge on any atom is 0.325 e. The highest BCUT2D eigenvalue weighted by Gasteiger charge is 2.12. The summed E-state index contributed by atoms with van der Waals surface area (Å²) in [6, 6.07) is 0. The maximum absolute atomic E-state index is 11.7. The number of nitrogens with zero attached hydrogens (tertiary/aromatic N) is 5. The highest BCUT2D eigenvalue weighted by molar-refractivity contribution is 5.90. The fraction of sp³-hybridized carbons (Fsp3) is 0.400. The number of carbonyl (C=O) groups is 2. The lowest BCUT2D eigenvalue weighted by Crippen LogP contribution is -2.24. The number of carboxylic acid groups (broad SMARTS) is 1. The van der Waals surface area contributed by atoms with Gasteiger partial charge in [-0.1, -0.05) is 12.1 Å². The van der Waals surface area contributed by atoms with E-state index in [9.17, 15) is 9.59 Å². The third-order valence-corrected chi connectivity index (χ3v) is 2.38. The lowest BCUT2D eigenvalue weighted by Gasteiger charge is -1.98. The van der Waals surface area contributed by atoms with Crippen LogP contribution < -0.4 is 5.32 Å². The zero-order valence-electron chi connectivity index (χ0n) is 10.7. The number of amides is 1. The van der Waals surface area contributed by atoms with E-state index in [2.05, 4.69) is 30.8 Å². The molecule has 2 heterocycles. The number of carboxylic acids is 1. The Labute approximate surface area is 113 Å². The molecule has 0 saturated carbocycles. The monoisotopic (exact) mass is 279 g/mol. The first kappa shape index (κ1) is 13.6. The van der Waals surface area contributed by atoms with Gasteiger partial charge >= 0.3 is 5.97 Å². The molecule has 10 heteroatoms. The van der Waals surface area contributed by atoms with E-state index in [1.165, 1.54) is 10.9 Å². The minimum Gasteiger partial charge on any atom is -0.480 e. The van der Waals surface area contributed by atoms with Crippen LogP contribution >= 0.6 is 0 Å². The summed E-state index contributed by atoms with van der Waals surface area (Å²) < 4.78 is 1.17. The minimum atomic E-state index is -1.02. The van der Waals surface area contributed by atoms with Gasteiger partial charge in [-0.25, -0.2) is 9.67 Å². The predicted molar refractivity (Wildman–Crippen MR) is 64.6 cm³/mol. The number of H-pyrrole nitrogens is 1. The molecule has 0 radical (unpaired) electrons. The first-order valence-corrected chi connectivity index (χ1v) is 5.88. The summed E-state index contributed by atoms with van der Waals surface area (Å²) in [5.41, 5.74) is 0.450. The van der Waals surface area contributed by atoms with Crippen molar-refractivity contribution in [3.05, 3.63) is 23.5 Å². The lowest BCUT2D eigenvalue weighted by atomic mass is 10.4. The molecule has 0 aliphatic carbocycles. The van der Waals surface area contributed by atoms with Gasteiger partial charge in [0.1, 0.15) is 18.1 Å². The van der Waals surface area contributed by atoms with Crippen molar-refractivity contribution >= 4 is 11.9 Å². The minimum absolute atomic E-state index is 0.0553. The molecular weight excluding hydrogens is 266 g/mol. The Morgan fingerprint density at radius 1 is 1.50 bits per heavy atom. The van der Waals surface area contributed by atoms with Crippen LogP contribution in [0.1, 0.15) is 29.1 Å². The van der Waals surface area contributed by atoms with Gasteiger partial charge in [-0.05, 0) is 0 Å². The number of hydrogen-bond acceptors (Lipinski definition) is 6. The van der Waals surface area contributed by atoms with E-state index < -0.39 is 11.9 Å². The van der Waals surface area contributed by atoms with E-state index in [-0.39, 0.29) is 18.9 Å². The summed E-state index contributed by atoms with van der Waals surface area (Å²) in [6.07, 6.45) is 2.10. The predicted octanol–water partition coefficient (Wildman–Crippen LogP) is -1.03. The SMILES string of the molecule is CCc1nc(C(=O)NCc2cn(CC(=O)O)nn2)n[nH]1. The highest BCUT2D eigenvalue weighted by atomic mass is 16.4. The number of aromatic nitrogens is 6. The summed E-state index contributed by atoms with van der Waals surface area (Å²) >= 11 is 0. The van der Waals surface area contributed by atoms with Crippen molar-refractivity contribution in [2.24, 2.45) is 0 Å². The van der Waals surface area contributed by atoms with E-state index >= 15 is 0 Å². The van der Waals surface area contributed by atoms with Crippen LogP contribution in [-0.2, 0) is 24.3 Å². The van der Waals surface area contributed by atoms with E-state index in [4.69, 9.17) is 5.11 Å². The number of aryl methyl sites for hydroxylation is 1. The second-order valence-electron chi connectivity index (χ2n) is 3.94. The normalized spacial score (nSPS) is 10.4. The average molecular weight is 279 g/mol. The van der Waals surface area contributed by atoms with Gasteiger partial charge in [-0.3, -0.25) is 14.7 Å². The van der Waals surface area contributed by atoms with Crippen LogP contribution in [0.15, 0.2) is 6.20 Å². The fourth-order valence-corrected chi connectivity index (χ4v) is 1.44. The van der Waals surface area contributed by atoms with Gasteiger partial charge in [-0.15, -0.1) is 10.2 Å². The number of carbonyl (C=O) groups excluding carboxylic acids is 1. The molecule has 2 aromatic heterocycles. The Morgan fingerprint density at radius 3 is 2.95 bits per heavy atom. The second-order valence-corrected chi connectivity index (χ2v) is 3.94. The Bertz CT molecular complexity index is 618. The van der Waals surface area contributed by atoms with Crippen LogP contribution in [0.3, 0.4) is 0 Å². The molecule has 106 valence electrons. The molecule has 2 rings (SSSR count). The molecule has 2 aromatic rings. The Hall–Kier alpha value is -2.78. The van der Waals surface area contributed by atoms with E-state index in [0.29, 0.717) is 17.9 Å². The van der Waals surface area contributed by atoms with Crippen molar-refractivity contribution in [2.75, 3.05) is 0 Å². The van der Waals surface area contributed by atoms with Gasteiger partial charge in [-0.2, -0.15) is 0 Å². The molecule has 0 saturated heterocycles. The van der Waals surface area contributed by atoms with Crippen molar-refractivity contribution in [2.45, 2.75) is 26.4 Å². The standard InChI is InChI=1S/C10H13N7O3/c1-2-7-12-9(15-14-7)10(20)11-3-6-4-17(16-13-6)5-8(18)19/h4H,2-3,5H2,1H3,(H,11,20)(H,18,19)(H,12,14,15). The second kappa shape index (κ2) is 5.91. The van der Waals surface area contributed by atoms with E-state index in [0.717, 1.165) is 0 Å². The molecule has 1 amide bonds. The summed E-state index contributed by atoms with van der Waals surface area (Å²) in [6.45, 7) is 1.74. The molecule has 0 aliphatic rings. The van der Waals surface area contributed by atoms with Gasteiger partial charge in [0, 0.05) is 6.42 Å². The Kier molecular flexibility index (Phi) is 4.03.